The second-order valence-electron chi connectivity index (χ2n) is 4.66. The van der Waals surface area contributed by atoms with Gasteiger partial charge >= 0.3 is 0 Å². The molecular formula is C13H20ClFN2. The van der Waals surface area contributed by atoms with Crippen LogP contribution in [0, 0.1) is 18.7 Å². The van der Waals surface area contributed by atoms with E-state index < -0.39 is 0 Å². The summed E-state index contributed by atoms with van der Waals surface area (Å²) in [5.74, 6) is 0.217. The molecule has 0 bridgehead atoms. The average Bonchev–Trinajstić information content (AvgIpc) is 2.25. The molecule has 0 aliphatic rings. The molecule has 17 heavy (non-hydrogen) atoms. The van der Waals surface area contributed by atoms with Gasteiger partial charge in [0.15, 0.2) is 0 Å². The molecule has 0 aliphatic heterocycles. The smallest absolute Gasteiger partial charge is 0.126 e. The van der Waals surface area contributed by atoms with Gasteiger partial charge in [0.1, 0.15) is 5.82 Å². The quantitative estimate of drug-likeness (QED) is 0.852. The summed E-state index contributed by atoms with van der Waals surface area (Å²) in [5, 5.41) is 3.89. The third-order valence-corrected chi connectivity index (χ3v) is 3.29. The Bertz CT molecular complexity index is 380. The summed E-state index contributed by atoms with van der Waals surface area (Å²) in [6.45, 7) is 7.00. The van der Waals surface area contributed by atoms with E-state index in [2.05, 4.69) is 19.2 Å². The minimum atomic E-state index is -0.222. The molecule has 96 valence electrons. The zero-order chi connectivity index (χ0) is 13.0. The Hall–Kier alpha value is -0.640. The van der Waals surface area contributed by atoms with Crippen molar-refractivity contribution in [2.75, 3.05) is 6.54 Å². The summed E-state index contributed by atoms with van der Waals surface area (Å²) in [6, 6.07) is 3.36. The van der Waals surface area contributed by atoms with Crippen LogP contribution < -0.4 is 11.1 Å². The molecule has 0 saturated heterocycles. The van der Waals surface area contributed by atoms with E-state index >= 15 is 0 Å². The molecule has 0 aromatic heterocycles. The predicted molar refractivity (Wildman–Crippen MR) is 70.7 cm³/mol. The maximum atomic E-state index is 13.4. The van der Waals surface area contributed by atoms with Gasteiger partial charge < -0.3 is 11.1 Å². The first-order valence-corrected chi connectivity index (χ1v) is 6.21. The summed E-state index contributed by atoms with van der Waals surface area (Å²) < 4.78 is 13.4. The van der Waals surface area contributed by atoms with Gasteiger partial charge in [-0.2, -0.15) is 0 Å². The van der Waals surface area contributed by atoms with Crippen LogP contribution in [-0.2, 0) is 6.54 Å². The second kappa shape index (κ2) is 6.34. The van der Waals surface area contributed by atoms with Gasteiger partial charge in [-0.05, 0) is 36.1 Å². The highest BCUT2D eigenvalue weighted by atomic mass is 35.5. The molecule has 0 aliphatic carbocycles. The van der Waals surface area contributed by atoms with Gasteiger partial charge in [0.2, 0.25) is 0 Å². The van der Waals surface area contributed by atoms with Gasteiger partial charge in [0, 0.05) is 24.2 Å². The van der Waals surface area contributed by atoms with E-state index in [0.29, 0.717) is 29.6 Å². The number of benzene rings is 1. The lowest BCUT2D eigenvalue weighted by Gasteiger charge is -2.21. The number of aryl methyl sites for hydroxylation is 1. The summed E-state index contributed by atoms with van der Waals surface area (Å²) >= 11 is 6.07. The molecule has 0 amide bonds. The van der Waals surface area contributed by atoms with E-state index in [9.17, 15) is 4.39 Å². The molecule has 0 fully saturated rings. The molecule has 1 aromatic rings. The van der Waals surface area contributed by atoms with Gasteiger partial charge in [0.25, 0.3) is 0 Å². The molecule has 1 rings (SSSR count). The fourth-order valence-corrected chi connectivity index (χ4v) is 1.94. The lowest BCUT2D eigenvalue weighted by atomic mass is 10.0. The van der Waals surface area contributed by atoms with Crippen molar-refractivity contribution in [1.29, 1.82) is 0 Å². The average molecular weight is 259 g/mol. The topological polar surface area (TPSA) is 38.0 Å². The first-order chi connectivity index (χ1) is 7.95. The van der Waals surface area contributed by atoms with Crippen LogP contribution in [0.5, 0.6) is 0 Å². The van der Waals surface area contributed by atoms with E-state index in [0.717, 1.165) is 5.56 Å². The summed E-state index contributed by atoms with van der Waals surface area (Å²) in [6.07, 6.45) is 0. The Morgan fingerprint density at radius 1 is 1.41 bits per heavy atom. The molecule has 0 spiro atoms. The SMILES string of the molecule is Cc1cc(Cl)c(CNC(CN)C(C)C)cc1F. The van der Waals surface area contributed by atoms with E-state index in [1.165, 1.54) is 6.07 Å². The highest BCUT2D eigenvalue weighted by Crippen LogP contribution is 2.20. The van der Waals surface area contributed by atoms with Crippen LogP contribution in [0.4, 0.5) is 4.39 Å². The minimum absolute atomic E-state index is 0.218. The molecule has 1 aromatic carbocycles. The van der Waals surface area contributed by atoms with Crippen LogP contribution in [0.1, 0.15) is 25.0 Å². The molecular weight excluding hydrogens is 239 g/mol. The zero-order valence-electron chi connectivity index (χ0n) is 10.6. The summed E-state index contributed by atoms with van der Waals surface area (Å²) in [5.41, 5.74) is 7.00. The number of hydrogen-bond donors (Lipinski definition) is 2. The fourth-order valence-electron chi connectivity index (χ4n) is 1.66. The van der Waals surface area contributed by atoms with Gasteiger partial charge in [-0.25, -0.2) is 4.39 Å². The lowest BCUT2D eigenvalue weighted by Crippen LogP contribution is -2.39. The first-order valence-electron chi connectivity index (χ1n) is 5.83. The Balaban J connectivity index is 2.72. The predicted octanol–water partition coefficient (Wildman–Crippen LogP) is 2.86. The Morgan fingerprint density at radius 2 is 2.06 bits per heavy atom. The number of rotatable bonds is 5. The van der Waals surface area contributed by atoms with Crippen LogP contribution in [0.25, 0.3) is 0 Å². The number of nitrogens with one attached hydrogen (secondary N) is 1. The Labute approximate surface area is 107 Å². The monoisotopic (exact) mass is 258 g/mol. The van der Waals surface area contributed by atoms with E-state index in [-0.39, 0.29) is 11.9 Å². The van der Waals surface area contributed by atoms with E-state index in [4.69, 9.17) is 17.3 Å². The summed E-state index contributed by atoms with van der Waals surface area (Å²) in [4.78, 5) is 0. The molecule has 0 saturated carbocycles. The van der Waals surface area contributed by atoms with Crippen molar-refractivity contribution >= 4 is 11.6 Å². The van der Waals surface area contributed by atoms with Crippen molar-refractivity contribution in [3.63, 3.8) is 0 Å². The van der Waals surface area contributed by atoms with Crippen LogP contribution in [0.2, 0.25) is 5.02 Å². The molecule has 3 N–H and O–H groups in total. The molecule has 1 atom stereocenters. The molecule has 0 radical (unpaired) electrons. The van der Waals surface area contributed by atoms with Gasteiger partial charge in [0.05, 0.1) is 0 Å². The third kappa shape index (κ3) is 3.95. The van der Waals surface area contributed by atoms with Crippen molar-refractivity contribution < 1.29 is 4.39 Å². The molecule has 4 heteroatoms. The van der Waals surface area contributed by atoms with E-state index in [1.807, 2.05) is 0 Å². The largest absolute Gasteiger partial charge is 0.329 e. The van der Waals surface area contributed by atoms with E-state index in [1.54, 1.807) is 13.0 Å². The second-order valence-corrected chi connectivity index (χ2v) is 5.07. The van der Waals surface area contributed by atoms with Crippen molar-refractivity contribution in [2.45, 2.75) is 33.4 Å². The first kappa shape index (κ1) is 14.4. The van der Waals surface area contributed by atoms with Crippen molar-refractivity contribution in [3.05, 3.63) is 34.1 Å². The Kier molecular flexibility index (Phi) is 5.37. The summed E-state index contributed by atoms with van der Waals surface area (Å²) in [7, 11) is 0. The highest BCUT2D eigenvalue weighted by molar-refractivity contribution is 6.31. The molecule has 0 heterocycles. The van der Waals surface area contributed by atoms with Crippen LogP contribution >= 0.6 is 11.6 Å². The molecule has 1 unspecified atom stereocenters. The zero-order valence-corrected chi connectivity index (χ0v) is 11.3. The van der Waals surface area contributed by atoms with Gasteiger partial charge in [-0.1, -0.05) is 25.4 Å². The van der Waals surface area contributed by atoms with Gasteiger partial charge in [-0.15, -0.1) is 0 Å². The Morgan fingerprint density at radius 3 is 2.59 bits per heavy atom. The standard InChI is InChI=1S/C13H20ClFN2/c1-8(2)13(6-16)17-7-10-5-12(15)9(3)4-11(10)14/h4-5,8,13,17H,6-7,16H2,1-3H3. The fraction of sp³-hybridized carbons (Fsp3) is 0.538. The number of halogens is 2. The lowest BCUT2D eigenvalue weighted by molar-refractivity contribution is 0.404. The molecule has 2 nitrogen and oxygen atoms in total. The van der Waals surface area contributed by atoms with Crippen LogP contribution in [0.3, 0.4) is 0 Å². The highest BCUT2D eigenvalue weighted by Gasteiger charge is 2.12. The number of nitrogens with two attached hydrogens (primary N) is 1. The van der Waals surface area contributed by atoms with Crippen molar-refractivity contribution in [3.8, 4) is 0 Å². The normalized spacial score (nSPS) is 13.1. The van der Waals surface area contributed by atoms with Crippen molar-refractivity contribution in [1.82, 2.24) is 5.32 Å². The maximum absolute atomic E-state index is 13.4. The maximum Gasteiger partial charge on any atom is 0.126 e. The number of hydrogen-bond acceptors (Lipinski definition) is 2. The van der Waals surface area contributed by atoms with Crippen LogP contribution in [-0.4, -0.2) is 12.6 Å². The van der Waals surface area contributed by atoms with Gasteiger partial charge in [-0.3, -0.25) is 0 Å². The minimum Gasteiger partial charge on any atom is -0.329 e. The van der Waals surface area contributed by atoms with Crippen molar-refractivity contribution in [2.24, 2.45) is 11.7 Å². The third-order valence-electron chi connectivity index (χ3n) is 2.94. The van der Waals surface area contributed by atoms with Crippen LogP contribution in [0.15, 0.2) is 12.1 Å².